The van der Waals surface area contributed by atoms with Crippen molar-refractivity contribution in [2.24, 2.45) is 0 Å². The normalized spacial score (nSPS) is 10.4. The molecule has 0 aromatic heterocycles. The largest absolute Gasteiger partial charge is 0.385 e. The quantitative estimate of drug-likeness (QED) is 0.499. The van der Waals surface area contributed by atoms with Gasteiger partial charge < -0.3 is 15.0 Å². The van der Waals surface area contributed by atoms with Gasteiger partial charge in [0.25, 0.3) is 0 Å². The molecule has 0 spiro atoms. The standard InChI is InChI=1S/C11H20N2O3/c1-4-6-11(15)13(2)9-10(14)12-7-5-8-16-3/h4,6H,5,7-9H2,1-3H3,(H,12,14). The molecule has 0 saturated heterocycles. The topological polar surface area (TPSA) is 58.6 Å². The number of carbonyl (C=O) groups is 2. The van der Waals surface area contributed by atoms with E-state index >= 15 is 0 Å². The molecule has 0 aromatic rings. The Balaban J connectivity index is 3.74. The van der Waals surface area contributed by atoms with Crippen LogP contribution in [0.1, 0.15) is 13.3 Å². The van der Waals surface area contributed by atoms with Gasteiger partial charge in [0.15, 0.2) is 0 Å². The highest BCUT2D eigenvalue weighted by Gasteiger charge is 2.09. The van der Waals surface area contributed by atoms with Gasteiger partial charge in [0.05, 0.1) is 6.54 Å². The Kier molecular flexibility index (Phi) is 8.15. The molecule has 0 unspecified atom stereocenters. The number of carbonyl (C=O) groups excluding carboxylic acids is 2. The molecule has 5 nitrogen and oxygen atoms in total. The van der Waals surface area contributed by atoms with Crippen molar-refractivity contribution in [1.29, 1.82) is 0 Å². The Hall–Kier alpha value is -1.36. The maximum atomic E-state index is 11.4. The van der Waals surface area contributed by atoms with Crippen LogP contribution in [0.5, 0.6) is 0 Å². The fourth-order valence-electron chi connectivity index (χ4n) is 1.06. The maximum absolute atomic E-state index is 11.4. The highest BCUT2D eigenvalue weighted by Crippen LogP contribution is 1.87. The first-order chi connectivity index (χ1) is 7.61. The van der Waals surface area contributed by atoms with Gasteiger partial charge in [-0.05, 0) is 19.4 Å². The summed E-state index contributed by atoms with van der Waals surface area (Å²) in [6.07, 6.45) is 3.85. The van der Waals surface area contributed by atoms with Gasteiger partial charge in [-0.1, -0.05) is 6.08 Å². The van der Waals surface area contributed by atoms with E-state index in [0.29, 0.717) is 13.2 Å². The highest BCUT2D eigenvalue weighted by molar-refractivity contribution is 5.90. The Morgan fingerprint density at radius 1 is 1.44 bits per heavy atom. The van der Waals surface area contributed by atoms with E-state index in [1.807, 2.05) is 0 Å². The van der Waals surface area contributed by atoms with Crippen molar-refractivity contribution in [3.8, 4) is 0 Å². The fraction of sp³-hybridized carbons (Fsp3) is 0.636. The van der Waals surface area contributed by atoms with Crippen molar-refractivity contribution < 1.29 is 14.3 Å². The van der Waals surface area contributed by atoms with Crippen LogP contribution in [0.15, 0.2) is 12.2 Å². The van der Waals surface area contributed by atoms with E-state index in [-0.39, 0.29) is 18.4 Å². The summed E-state index contributed by atoms with van der Waals surface area (Å²) >= 11 is 0. The van der Waals surface area contributed by atoms with Crippen LogP contribution in [0.25, 0.3) is 0 Å². The average molecular weight is 228 g/mol. The van der Waals surface area contributed by atoms with Crippen LogP contribution in [0, 0.1) is 0 Å². The van der Waals surface area contributed by atoms with Gasteiger partial charge in [-0.25, -0.2) is 0 Å². The molecule has 5 heteroatoms. The molecule has 0 aliphatic carbocycles. The number of likely N-dealkylation sites (N-methyl/N-ethyl adjacent to an activating group) is 1. The van der Waals surface area contributed by atoms with E-state index in [1.54, 1.807) is 27.2 Å². The van der Waals surface area contributed by atoms with Crippen LogP contribution < -0.4 is 5.32 Å². The van der Waals surface area contributed by atoms with Crippen molar-refractivity contribution in [3.63, 3.8) is 0 Å². The van der Waals surface area contributed by atoms with Crippen molar-refractivity contribution in [2.45, 2.75) is 13.3 Å². The molecule has 0 atom stereocenters. The lowest BCUT2D eigenvalue weighted by Gasteiger charge is -2.14. The molecule has 0 aliphatic rings. The molecule has 0 aliphatic heterocycles. The number of rotatable bonds is 7. The van der Waals surface area contributed by atoms with Crippen LogP contribution >= 0.6 is 0 Å². The van der Waals surface area contributed by atoms with Crippen LogP contribution in [-0.2, 0) is 14.3 Å². The summed E-state index contributed by atoms with van der Waals surface area (Å²) in [5, 5.41) is 2.71. The van der Waals surface area contributed by atoms with Gasteiger partial charge in [0.1, 0.15) is 0 Å². The lowest BCUT2D eigenvalue weighted by atomic mass is 10.4. The lowest BCUT2D eigenvalue weighted by molar-refractivity contribution is -0.131. The van der Waals surface area contributed by atoms with E-state index in [4.69, 9.17) is 4.74 Å². The van der Waals surface area contributed by atoms with E-state index in [0.717, 1.165) is 6.42 Å². The summed E-state index contributed by atoms with van der Waals surface area (Å²) in [5.74, 6) is -0.328. The number of ether oxygens (including phenoxy) is 1. The lowest BCUT2D eigenvalue weighted by Crippen LogP contribution is -2.38. The number of amides is 2. The second-order valence-corrected chi connectivity index (χ2v) is 3.39. The summed E-state index contributed by atoms with van der Waals surface area (Å²) in [4.78, 5) is 24.0. The third-order valence-corrected chi connectivity index (χ3v) is 1.91. The summed E-state index contributed by atoms with van der Waals surface area (Å²) in [6.45, 7) is 3.03. The van der Waals surface area contributed by atoms with Gasteiger partial charge in [-0.2, -0.15) is 0 Å². The Morgan fingerprint density at radius 3 is 2.69 bits per heavy atom. The van der Waals surface area contributed by atoms with E-state index in [9.17, 15) is 9.59 Å². The molecule has 92 valence electrons. The van der Waals surface area contributed by atoms with E-state index in [1.165, 1.54) is 11.0 Å². The second kappa shape index (κ2) is 8.91. The number of methoxy groups -OCH3 is 1. The summed E-state index contributed by atoms with van der Waals surface area (Å²) in [5.41, 5.74) is 0. The molecule has 0 heterocycles. The van der Waals surface area contributed by atoms with E-state index in [2.05, 4.69) is 5.32 Å². The first-order valence-electron chi connectivity index (χ1n) is 5.25. The molecule has 0 radical (unpaired) electrons. The van der Waals surface area contributed by atoms with E-state index < -0.39 is 0 Å². The zero-order valence-corrected chi connectivity index (χ0v) is 10.2. The second-order valence-electron chi connectivity index (χ2n) is 3.39. The van der Waals surface area contributed by atoms with Crippen molar-refractivity contribution in [2.75, 3.05) is 33.9 Å². The summed E-state index contributed by atoms with van der Waals surface area (Å²) < 4.78 is 4.85. The van der Waals surface area contributed by atoms with Crippen molar-refractivity contribution in [3.05, 3.63) is 12.2 Å². The molecule has 0 saturated carbocycles. The minimum atomic E-state index is -0.172. The SMILES string of the molecule is CC=CC(=O)N(C)CC(=O)NCCCOC. The summed E-state index contributed by atoms with van der Waals surface area (Å²) in [7, 11) is 3.21. The molecule has 2 amide bonds. The average Bonchev–Trinajstić information content (AvgIpc) is 2.24. The highest BCUT2D eigenvalue weighted by atomic mass is 16.5. The zero-order chi connectivity index (χ0) is 12.4. The van der Waals surface area contributed by atoms with Gasteiger partial charge in [-0.15, -0.1) is 0 Å². The molecular weight excluding hydrogens is 208 g/mol. The minimum Gasteiger partial charge on any atom is -0.385 e. The molecule has 16 heavy (non-hydrogen) atoms. The first kappa shape index (κ1) is 14.6. The molecule has 0 fully saturated rings. The molecule has 0 bridgehead atoms. The summed E-state index contributed by atoms with van der Waals surface area (Å²) in [6, 6.07) is 0. The van der Waals surface area contributed by atoms with Crippen LogP contribution in [0.3, 0.4) is 0 Å². The fourth-order valence-corrected chi connectivity index (χ4v) is 1.06. The van der Waals surface area contributed by atoms with Crippen LogP contribution in [0.2, 0.25) is 0 Å². The van der Waals surface area contributed by atoms with Crippen molar-refractivity contribution in [1.82, 2.24) is 10.2 Å². The number of hydrogen-bond donors (Lipinski definition) is 1. The third-order valence-electron chi connectivity index (χ3n) is 1.91. The number of allylic oxidation sites excluding steroid dienone is 1. The smallest absolute Gasteiger partial charge is 0.246 e. The van der Waals surface area contributed by atoms with Crippen LogP contribution in [0.4, 0.5) is 0 Å². The monoisotopic (exact) mass is 228 g/mol. The number of hydrogen-bond acceptors (Lipinski definition) is 3. The number of nitrogens with zero attached hydrogens (tertiary/aromatic N) is 1. The first-order valence-corrected chi connectivity index (χ1v) is 5.25. The predicted octanol–water partition coefficient (Wildman–Crippen LogP) is 0.174. The molecular formula is C11H20N2O3. The predicted molar refractivity (Wildman–Crippen MR) is 62.0 cm³/mol. The molecule has 0 rings (SSSR count). The van der Waals surface area contributed by atoms with Gasteiger partial charge >= 0.3 is 0 Å². The van der Waals surface area contributed by atoms with Gasteiger partial charge in [0.2, 0.25) is 11.8 Å². The molecule has 0 aromatic carbocycles. The Bertz CT molecular complexity index is 252. The number of nitrogens with one attached hydrogen (secondary N) is 1. The third kappa shape index (κ3) is 7.00. The maximum Gasteiger partial charge on any atom is 0.246 e. The van der Waals surface area contributed by atoms with Gasteiger partial charge in [-0.3, -0.25) is 9.59 Å². The van der Waals surface area contributed by atoms with Gasteiger partial charge in [0, 0.05) is 27.3 Å². The zero-order valence-electron chi connectivity index (χ0n) is 10.2. The molecule has 1 N–H and O–H groups in total. The van der Waals surface area contributed by atoms with Crippen molar-refractivity contribution >= 4 is 11.8 Å². The minimum absolute atomic E-state index is 0.0795. The Morgan fingerprint density at radius 2 is 2.12 bits per heavy atom. The Labute approximate surface area is 96.4 Å². The van der Waals surface area contributed by atoms with Crippen LogP contribution in [-0.4, -0.2) is 50.6 Å².